The average Bonchev–Trinajstić information content (AvgIpc) is 3.38. The quantitative estimate of drug-likeness (QED) is 0.438. The molecule has 1 aliphatic rings. The van der Waals surface area contributed by atoms with Crippen molar-refractivity contribution in [3.63, 3.8) is 0 Å². The molecule has 0 saturated carbocycles. The van der Waals surface area contributed by atoms with Gasteiger partial charge < -0.3 is 9.32 Å². The maximum absolute atomic E-state index is 12.9. The van der Waals surface area contributed by atoms with E-state index in [1.165, 1.54) is 4.90 Å². The van der Waals surface area contributed by atoms with Crippen LogP contribution >= 0.6 is 11.6 Å². The fourth-order valence-electron chi connectivity index (χ4n) is 3.77. The van der Waals surface area contributed by atoms with E-state index in [0.717, 1.165) is 6.42 Å². The van der Waals surface area contributed by atoms with Gasteiger partial charge in [0.1, 0.15) is 0 Å². The minimum absolute atomic E-state index is 0.106. The minimum Gasteiger partial charge on any atom is -0.419 e. The lowest BCUT2D eigenvalue weighted by Gasteiger charge is -2.21. The van der Waals surface area contributed by atoms with Crippen molar-refractivity contribution in [3.8, 4) is 11.5 Å². The third-order valence-corrected chi connectivity index (χ3v) is 5.72. The molecule has 0 aliphatic carbocycles. The summed E-state index contributed by atoms with van der Waals surface area (Å²) in [6.45, 7) is 2.87. The van der Waals surface area contributed by atoms with E-state index in [9.17, 15) is 14.4 Å². The van der Waals surface area contributed by atoms with Crippen molar-refractivity contribution < 1.29 is 18.8 Å². The monoisotopic (exact) mass is 466 g/mol. The van der Waals surface area contributed by atoms with Crippen molar-refractivity contribution in [3.05, 3.63) is 70.6 Å². The summed E-state index contributed by atoms with van der Waals surface area (Å²) in [7, 11) is 0. The van der Waals surface area contributed by atoms with E-state index in [2.05, 4.69) is 10.2 Å². The molecule has 3 amide bonds. The number of benzene rings is 2. The van der Waals surface area contributed by atoms with Gasteiger partial charge in [-0.3, -0.25) is 19.3 Å². The largest absolute Gasteiger partial charge is 0.419 e. The van der Waals surface area contributed by atoms with Crippen molar-refractivity contribution in [2.24, 2.45) is 0 Å². The van der Waals surface area contributed by atoms with Crippen LogP contribution in [0.2, 0.25) is 5.02 Å². The molecule has 0 atom stereocenters. The standard InChI is InChI=1S/C24H23ClN4O4/c1-2-13-28(15-20-26-27-22(33-20)18-10-5-6-11-19(18)25)21(30)12-7-14-29-23(31)16-8-3-4-9-17(16)24(29)32/h3-6,8-11H,2,7,12-15H2,1H3. The molecule has 1 aliphatic heterocycles. The summed E-state index contributed by atoms with van der Waals surface area (Å²) in [5.74, 6) is -0.124. The lowest BCUT2D eigenvalue weighted by Crippen LogP contribution is -2.34. The third-order valence-electron chi connectivity index (χ3n) is 5.39. The van der Waals surface area contributed by atoms with Gasteiger partial charge in [-0.05, 0) is 37.1 Å². The van der Waals surface area contributed by atoms with E-state index in [0.29, 0.717) is 46.5 Å². The van der Waals surface area contributed by atoms with Crippen LogP contribution in [-0.2, 0) is 11.3 Å². The number of hydrogen-bond donors (Lipinski definition) is 0. The van der Waals surface area contributed by atoms with Gasteiger partial charge in [0.2, 0.25) is 17.7 Å². The van der Waals surface area contributed by atoms with Gasteiger partial charge in [0.15, 0.2) is 0 Å². The molecule has 1 aromatic heterocycles. The summed E-state index contributed by atoms with van der Waals surface area (Å²) in [5, 5.41) is 8.61. The van der Waals surface area contributed by atoms with Crippen LogP contribution < -0.4 is 0 Å². The molecular weight excluding hydrogens is 444 g/mol. The van der Waals surface area contributed by atoms with Gasteiger partial charge in [0, 0.05) is 19.5 Å². The molecule has 170 valence electrons. The van der Waals surface area contributed by atoms with Gasteiger partial charge in [-0.1, -0.05) is 42.8 Å². The van der Waals surface area contributed by atoms with Crippen molar-refractivity contribution in [1.82, 2.24) is 20.0 Å². The third kappa shape index (κ3) is 4.80. The Hall–Kier alpha value is -3.52. The first-order valence-corrected chi connectivity index (χ1v) is 11.2. The number of rotatable bonds is 9. The van der Waals surface area contributed by atoms with Crippen LogP contribution in [0.3, 0.4) is 0 Å². The normalized spacial score (nSPS) is 12.8. The summed E-state index contributed by atoms with van der Waals surface area (Å²) >= 11 is 6.19. The number of carbonyl (C=O) groups excluding carboxylic acids is 3. The molecule has 2 heterocycles. The maximum Gasteiger partial charge on any atom is 0.261 e. The summed E-state index contributed by atoms with van der Waals surface area (Å²) < 4.78 is 5.73. The maximum atomic E-state index is 12.9. The van der Waals surface area contributed by atoms with E-state index in [-0.39, 0.29) is 37.2 Å². The average molecular weight is 467 g/mol. The first-order valence-electron chi connectivity index (χ1n) is 10.8. The smallest absolute Gasteiger partial charge is 0.261 e. The summed E-state index contributed by atoms with van der Waals surface area (Å²) in [6.07, 6.45) is 1.33. The van der Waals surface area contributed by atoms with E-state index in [1.807, 2.05) is 19.1 Å². The molecule has 3 aromatic rings. The van der Waals surface area contributed by atoms with Crippen LogP contribution in [0.5, 0.6) is 0 Å². The van der Waals surface area contributed by atoms with Crippen LogP contribution in [0, 0.1) is 0 Å². The Kier molecular flexibility index (Phi) is 6.84. The van der Waals surface area contributed by atoms with E-state index < -0.39 is 0 Å². The Morgan fingerprint density at radius 1 is 1.00 bits per heavy atom. The molecule has 0 fully saturated rings. The Labute approximate surface area is 196 Å². The predicted octanol–water partition coefficient (Wildman–Crippen LogP) is 4.21. The first kappa shape index (κ1) is 22.7. The molecule has 33 heavy (non-hydrogen) atoms. The summed E-state index contributed by atoms with van der Waals surface area (Å²) in [5.41, 5.74) is 1.45. The molecule has 2 aromatic carbocycles. The fraction of sp³-hybridized carbons (Fsp3) is 0.292. The lowest BCUT2D eigenvalue weighted by molar-refractivity contribution is -0.132. The van der Waals surface area contributed by atoms with Crippen LogP contribution in [-0.4, -0.2) is 50.8 Å². The van der Waals surface area contributed by atoms with Gasteiger partial charge in [-0.15, -0.1) is 10.2 Å². The second-order valence-electron chi connectivity index (χ2n) is 7.71. The number of imide groups is 1. The SMILES string of the molecule is CCCN(Cc1nnc(-c2ccccc2Cl)o1)C(=O)CCCN1C(=O)c2ccccc2C1=O. The number of amides is 3. The lowest BCUT2D eigenvalue weighted by atomic mass is 10.1. The highest BCUT2D eigenvalue weighted by atomic mass is 35.5. The fourth-order valence-corrected chi connectivity index (χ4v) is 3.99. The topological polar surface area (TPSA) is 96.6 Å². The summed E-state index contributed by atoms with van der Waals surface area (Å²) in [6, 6.07) is 13.9. The van der Waals surface area contributed by atoms with Crippen LogP contribution in [0.25, 0.3) is 11.5 Å². The highest BCUT2D eigenvalue weighted by Crippen LogP contribution is 2.27. The Morgan fingerprint density at radius 2 is 1.64 bits per heavy atom. The molecule has 0 unspecified atom stereocenters. The van der Waals surface area contributed by atoms with Crippen molar-refractivity contribution in [1.29, 1.82) is 0 Å². The molecule has 0 spiro atoms. The Morgan fingerprint density at radius 3 is 2.27 bits per heavy atom. The van der Waals surface area contributed by atoms with Gasteiger partial charge in [0.25, 0.3) is 11.8 Å². The summed E-state index contributed by atoms with van der Waals surface area (Å²) in [4.78, 5) is 40.7. The zero-order chi connectivity index (χ0) is 23.4. The molecule has 4 rings (SSSR count). The molecule has 0 saturated heterocycles. The number of hydrogen-bond acceptors (Lipinski definition) is 6. The van der Waals surface area contributed by atoms with Crippen molar-refractivity contribution in [2.75, 3.05) is 13.1 Å². The van der Waals surface area contributed by atoms with Crippen LogP contribution in [0.1, 0.15) is 52.8 Å². The van der Waals surface area contributed by atoms with Gasteiger partial charge in [-0.2, -0.15) is 0 Å². The number of carbonyl (C=O) groups is 3. The van der Waals surface area contributed by atoms with Crippen LogP contribution in [0.15, 0.2) is 52.9 Å². The Balaban J connectivity index is 1.35. The van der Waals surface area contributed by atoms with E-state index in [4.69, 9.17) is 16.0 Å². The molecule has 9 heteroatoms. The van der Waals surface area contributed by atoms with Crippen molar-refractivity contribution in [2.45, 2.75) is 32.7 Å². The van der Waals surface area contributed by atoms with E-state index >= 15 is 0 Å². The highest BCUT2D eigenvalue weighted by molar-refractivity contribution is 6.33. The molecule has 0 bridgehead atoms. The number of fused-ring (bicyclic) bond motifs is 1. The van der Waals surface area contributed by atoms with E-state index in [1.54, 1.807) is 41.3 Å². The predicted molar refractivity (Wildman–Crippen MR) is 121 cm³/mol. The minimum atomic E-state index is -0.313. The number of halogens is 1. The van der Waals surface area contributed by atoms with Crippen LogP contribution in [0.4, 0.5) is 0 Å². The number of aromatic nitrogens is 2. The zero-order valence-corrected chi connectivity index (χ0v) is 18.9. The molecule has 8 nitrogen and oxygen atoms in total. The second kappa shape index (κ2) is 9.95. The van der Waals surface area contributed by atoms with Gasteiger partial charge in [-0.25, -0.2) is 0 Å². The highest BCUT2D eigenvalue weighted by Gasteiger charge is 2.34. The first-order chi connectivity index (χ1) is 16.0. The molecule has 0 radical (unpaired) electrons. The Bertz CT molecular complexity index is 1160. The number of nitrogens with zero attached hydrogens (tertiary/aromatic N) is 4. The second-order valence-corrected chi connectivity index (χ2v) is 8.11. The molecular formula is C24H23ClN4O4. The van der Waals surface area contributed by atoms with Gasteiger partial charge >= 0.3 is 0 Å². The zero-order valence-electron chi connectivity index (χ0n) is 18.2. The van der Waals surface area contributed by atoms with Gasteiger partial charge in [0.05, 0.1) is 28.3 Å². The van der Waals surface area contributed by atoms with Crippen molar-refractivity contribution >= 4 is 29.3 Å². The molecule has 0 N–H and O–H groups in total.